The van der Waals surface area contributed by atoms with Crippen molar-refractivity contribution in [2.45, 2.75) is 25.1 Å². The van der Waals surface area contributed by atoms with E-state index in [1.54, 1.807) is 6.07 Å². The Morgan fingerprint density at radius 1 is 1.29 bits per heavy atom. The van der Waals surface area contributed by atoms with Gasteiger partial charge in [0.1, 0.15) is 5.69 Å². The van der Waals surface area contributed by atoms with Crippen LogP contribution in [0.15, 0.2) is 18.3 Å². The van der Waals surface area contributed by atoms with Crippen molar-refractivity contribution in [3.63, 3.8) is 0 Å². The van der Waals surface area contributed by atoms with Crippen LogP contribution in [0, 0.1) is 0 Å². The minimum atomic E-state index is -4.39. The zero-order valence-corrected chi connectivity index (χ0v) is 9.24. The Bertz CT molecular complexity index is 384. The van der Waals surface area contributed by atoms with E-state index in [2.05, 4.69) is 4.98 Å². The van der Waals surface area contributed by atoms with Gasteiger partial charge in [-0.05, 0) is 25.0 Å². The van der Waals surface area contributed by atoms with Gasteiger partial charge in [-0.2, -0.15) is 13.2 Å². The first-order chi connectivity index (χ1) is 7.97. The van der Waals surface area contributed by atoms with Gasteiger partial charge in [-0.15, -0.1) is 0 Å². The molecule has 1 aromatic heterocycles. The summed E-state index contributed by atoms with van der Waals surface area (Å²) < 4.78 is 37.5. The lowest BCUT2D eigenvalue weighted by atomic mass is 10.1. The fraction of sp³-hybridized carbons (Fsp3) is 0.545. The summed E-state index contributed by atoms with van der Waals surface area (Å²) in [5.74, 6) is 0. The molecule has 94 valence electrons. The summed E-state index contributed by atoms with van der Waals surface area (Å²) in [7, 11) is 0. The van der Waals surface area contributed by atoms with E-state index in [1.807, 2.05) is 4.90 Å². The smallest absolute Gasteiger partial charge is 0.371 e. The molecule has 0 aromatic carbocycles. The summed E-state index contributed by atoms with van der Waals surface area (Å²) in [5, 5.41) is 0. The van der Waals surface area contributed by atoms with E-state index in [4.69, 9.17) is 5.73 Å². The van der Waals surface area contributed by atoms with E-state index in [9.17, 15) is 13.2 Å². The van der Waals surface area contributed by atoms with Gasteiger partial charge in [0.25, 0.3) is 0 Å². The van der Waals surface area contributed by atoms with Gasteiger partial charge in [-0.1, -0.05) is 0 Å². The first-order valence-corrected chi connectivity index (χ1v) is 5.50. The summed E-state index contributed by atoms with van der Waals surface area (Å²) in [6.45, 7) is 1.39. The Balaban J connectivity index is 2.16. The van der Waals surface area contributed by atoms with Crippen LogP contribution in [0.3, 0.4) is 0 Å². The molecule has 0 spiro atoms. The van der Waals surface area contributed by atoms with Crippen LogP contribution in [-0.2, 0) is 6.18 Å². The second-order valence-electron chi connectivity index (χ2n) is 4.22. The number of anilines is 1. The average molecular weight is 245 g/mol. The molecule has 6 heteroatoms. The van der Waals surface area contributed by atoms with Crippen LogP contribution in [0.1, 0.15) is 18.5 Å². The number of pyridine rings is 1. The Labute approximate surface area is 97.4 Å². The van der Waals surface area contributed by atoms with Crippen LogP contribution in [0.4, 0.5) is 18.9 Å². The maximum Gasteiger partial charge on any atom is 0.433 e. The summed E-state index contributed by atoms with van der Waals surface area (Å²) >= 11 is 0. The Kier molecular flexibility index (Phi) is 3.24. The number of nitrogens with two attached hydrogens (primary N) is 1. The zero-order chi connectivity index (χ0) is 12.5. The third-order valence-electron chi connectivity index (χ3n) is 2.94. The number of alkyl halides is 3. The Morgan fingerprint density at radius 3 is 2.53 bits per heavy atom. The van der Waals surface area contributed by atoms with Crippen LogP contribution < -0.4 is 10.6 Å². The standard InChI is InChI=1S/C11H14F3N3/c12-11(13,14)10-7-9(1-4-16-10)17-5-2-8(15)3-6-17/h1,4,7-8H,2-3,5-6,15H2. The highest BCUT2D eigenvalue weighted by atomic mass is 19.4. The van der Waals surface area contributed by atoms with Gasteiger partial charge in [0.05, 0.1) is 0 Å². The predicted octanol–water partition coefficient (Wildman–Crippen LogP) is 2.03. The van der Waals surface area contributed by atoms with Crippen LogP contribution in [0.2, 0.25) is 0 Å². The lowest BCUT2D eigenvalue weighted by molar-refractivity contribution is -0.141. The molecular formula is C11H14F3N3. The van der Waals surface area contributed by atoms with Crippen LogP contribution in [-0.4, -0.2) is 24.1 Å². The SMILES string of the molecule is NC1CCN(c2ccnc(C(F)(F)F)c2)CC1. The molecule has 1 fully saturated rings. The molecule has 3 nitrogen and oxygen atoms in total. The fourth-order valence-corrected chi connectivity index (χ4v) is 1.93. The van der Waals surface area contributed by atoms with Crippen LogP contribution in [0.5, 0.6) is 0 Å². The van der Waals surface area contributed by atoms with Gasteiger partial charge in [0.15, 0.2) is 0 Å². The maximum absolute atomic E-state index is 12.5. The molecular weight excluding hydrogens is 231 g/mol. The van der Waals surface area contributed by atoms with E-state index >= 15 is 0 Å². The number of aromatic nitrogens is 1. The highest BCUT2D eigenvalue weighted by Gasteiger charge is 2.33. The molecule has 2 N–H and O–H groups in total. The average Bonchev–Trinajstić information content (AvgIpc) is 2.29. The molecule has 1 saturated heterocycles. The highest BCUT2D eigenvalue weighted by Crippen LogP contribution is 2.30. The molecule has 0 radical (unpaired) electrons. The first-order valence-electron chi connectivity index (χ1n) is 5.50. The number of hydrogen-bond donors (Lipinski definition) is 1. The number of rotatable bonds is 1. The molecule has 2 rings (SSSR count). The number of hydrogen-bond acceptors (Lipinski definition) is 3. The van der Waals surface area contributed by atoms with Crippen molar-refractivity contribution in [2.24, 2.45) is 5.73 Å². The third-order valence-corrected chi connectivity index (χ3v) is 2.94. The second-order valence-corrected chi connectivity index (χ2v) is 4.22. The van der Waals surface area contributed by atoms with Gasteiger partial charge in [-0.3, -0.25) is 4.98 Å². The van der Waals surface area contributed by atoms with Crippen molar-refractivity contribution in [3.8, 4) is 0 Å². The zero-order valence-electron chi connectivity index (χ0n) is 9.24. The summed E-state index contributed by atoms with van der Waals surface area (Å²) in [5.41, 5.74) is 5.48. The van der Waals surface area contributed by atoms with E-state index in [0.717, 1.165) is 18.9 Å². The second kappa shape index (κ2) is 4.52. The Morgan fingerprint density at radius 2 is 1.94 bits per heavy atom. The summed E-state index contributed by atoms with van der Waals surface area (Å²) in [6, 6.07) is 2.86. The van der Waals surface area contributed by atoms with E-state index in [-0.39, 0.29) is 6.04 Å². The summed E-state index contributed by atoms with van der Waals surface area (Å²) in [6.07, 6.45) is -1.57. The third kappa shape index (κ3) is 2.88. The molecule has 0 atom stereocenters. The summed E-state index contributed by atoms with van der Waals surface area (Å²) in [4.78, 5) is 5.26. The molecule has 17 heavy (non-hydrogen) atoms. The Hall–Kier alpha value is -1.30. The molecule has 0 bridgehead atoms. The van der Waals surface area contributed by atoms with Gasteiger partial charge in [0, 0.05) is 31.0 Å². The maximum atomic E-state index is 12.5. The monoisotopic (exact) mass is 245 g/mol. The largest absolute Gasteiger partial charge is 0.433 e. The normalized spacial score (nSPS) is 18.5. The van der Waals surface area contributed by atoms with Crippen molar-refractivity contribution in [3.05, 3.63) is 24.0 Å². The molecule has 0 saturated carbocycles. The fourth-order valence-electron chi connectivity index (χ4n) is 1.93. The number of halogens is 3. The van der Waals surface area contributed by atoms with Gasteiger partial charge in [0.2, 0.25) is 0 Å². The van der Waals surface area contributed by atoms with Gasteiger partial charge in [-0.25, -0.2) is 0 Å². The highest BCUT2D eigenvalue weighted by molar-refractivity contribution is 5.47. The number of nitrogens with zero attached hydrogens (tertiary/aromatic N) is 2. The van der Waals surface area contributed by atoms with Crippen molar-refractivity contribution < 1.29 is 13.2 Å². The molecule has 0 amide bonds. The molecule has 0 unspecified atom stereocenters. The van der Waals surface area contributed by atoms with Crippen molar-refractivity contribution in [1.29, 1.82) is 0 Å². The van der Waals surface area contributed by atoms with Crippen molar-refractivity contribution in [1.82, 2.24) is 4.98 Å². The lowest BCUT2D eigenvalue weighted by Crippen LogP contribution is -2.39. The minimum absolute atomic E-state index is 0.162. The lowest BCUT2D eigenvalue weighted by Gasteiger charge is -2.32. The predicted molar refractivity (Wildman–Crippen MR) is 58.7 cm³/mol. The van der Waals surface area contributed by atoms with E-state index in [0.29, 0.717) is 18.8 Å². The quantitative estimate of drug-likeness (QED) is 0.823. The minimum Gasteiger partial charge on any atom is -0.371 e. The van der Waals surface area contributed by atoms with E-state index < -0.39 is 11.9 Å². The van der Waals surface area contributed by atoms with Crippen LogP contribution in [0.25, 0.3) is 0 Å². The van der Waals surface area contributed by atoms with E-state index in [1.165, 1.54) is 6.20 Å². The van der Waals surface area contributed by atoms with Crippen molar-refractivity contribution in [2.75, 3.05) is 18.0 Å². The molecule has 0 aliphatic carbocycles. The first kappa shape index (κ1) is 12.2. The number of piperidine rings is 1. The van der Waals surface area contributed by atoms with Gasteiger partial charge >= 0.3 is 6.18 Å². The topological polar surface area (TPSA) is 42.1 Å². The molecule has 1 aliphatic heterocycles. The van der Waals surface area contributed by atoms with Gasteiger partial charge < -0.3 is 10.6 Å². The molecule has 1 aromatic rings. The molecule has 1 aliphatic rings. The van der Waals surface area contributed by atoms with Crippen LogP contribution >= 0.6 is 0 Å². The van der Waals surface area contributed by atoms with Crippen molar-refractivity contribution >= 4 is 5.69 Å². The molecule has 2 heterocycles.